The maximum atomic E-state index is 11.4. The van der Waals surface area contributed by atoms with Crippen molar-refractivity contribution in [1.29, 1.82) is 0 Å². The Hall–Kier alpha value is -2.31. The number of hydrogen-bond donors (Lipinski definition) is 3. The molecule has 0 aromatic carbocycles. The average Bonchev–Trinajstić information content (AvgIpc) is 2.76. The fourth-order valence-electron chi connectivity index (χ4n) is 1.04. The third-order valence-electron chi connectivity index (χ3n) is 1.73. The SMILES string of the molecule is CC(C)(C)NC(=O)C(=O)NNC(=O)c1ccco1. The molecule has 7 nitrogen and oxygen atoms in total. The van der Waals surface area contributed by atoms with E-state index in [-0.39, 0.29) is 5.76 Å². The fraction of sp³-hybridized carbons (Fsp3) is 0.364. The first-order chi connectivity index (χ1) is 8.29. The molecule has 0 atom stereocenters. The molecule has 0 unspecified atom stereocenters. The molecule has 0 aliphatic rings. The van der Waals surface area contributed by atoms with Crippen molar-refractivity contribution < 1.29 is 18.8 Å². The van der Waals surface area contributed by atoms with Crippen LogP contribution in [0.3, 0.4) is 0 Å². The molecule has 0 saturated carbocycles. The molecule has 3 N–H and O–H groups in total. The normalized spacial score (nSPS) is 10.6. The second-order valence-electron chi connectivity index (χ2n) is 4.59. The van der Waals surface area contributed by atoms with Crippen molar-refractivity contribution in [2.75, 3.05) is 0 Å². The standard InChI is InChI=1S/C11H15N3O4/c1-11(2,3)12-9(16)10(17)14-13-8(15)7-5-4-6-18-7/h4-6H,1-3H3,(H,12,16)(H,13,15)(H,14,17). The van der Waals surface area contributed by atoms with Crippen LogP contribution >= 0.6 is 0 Å². The van der Waals surface area contributed by atoms with Gasteiger partial charge in [0.1, 0.15) is 0 Å². The lowest BCUT2D eigenvalue weighted by molar-refractivity contribution is -0.140. The number of carbonyl (C=O) groups is 3. The molecule has 1 heterocycles. The Balaban J connectivity index is 2.42. The van der Waals surface area contributed by atoms with Gasteiger partial charge in [0, 0.05) is 5.54 Å². The Morgan fingerprint density at radius 1 is 1.11 bits per heavy atom. The number of hydrogen-bond acceptors (Lipinski definition) is 4. The summed E-state index contributed by atoms with van der Waals surface area (Å²) < 4.78 is 4.80. The van der Waals surface area contributed by atoms with Crippen LogP contribution in [-0.4, -0.2) is 23.3 Å². The lowest BCUT2D eigenvalue weighted by Gasteiger charge is -2.19. The predicted molar refractivity (Wildman–Crippen MR) is 62.2 cm³/mol. The average molecular weight is 253 g/mol. The summed E-state index contributed by atoms with van der Waals surface area (Å²) in [7, 11) is 0. The van der Waals surface area contributed by atoms with E-state index in [9.17, 15) is 14.4 Å². The zero-order valence-corrected chi connectivity index (χ0v) is 10.4. The monoisotopic (exact) mass is 253 g/mol. The zero-order valence-electron chi connectivity index (χ0n) is 10.4. The highest BCUT2D eigenvalue weighted by atomic mass is 16.3. The van der Waals surface area contributed by atoms with Crippen molar-refractivity contribution in [1.82, 2.24) is 16.2 Å². The van der Waals surface area contributed by atoms with Crippen LogP contribution in [0.15, 0.2) is 22.8 Å². The van der Waals surface area contributed by atoms with Crippen LogP contribution in [0.4, 0.5) is 0 Å². The minimum absolute atomic E-state index is 0.0338. The van der Waals surface area contributed by atoms with E-state index in [1.807, 2.05) is 5.43 Å². The largest absolute Gasteiger partial charge is 0.459 e. The third-order valence-corrected chi connectivity index (χ3v) is 1.73. The van der Waals surface area contributed by atoms with Gasteiger partial charge in [-0.3, -0.25) is 25.2 Å². The van der Waals surface area contributed by atoms with Crippen molar-refractivity contribution in [2.45, 2.75) is 26.3 Å². The summed E-state index contributed by atoms with van der Waals surface area (Å²) in [6.07, 6.45) is 1.32. The van der Waals surface area contributed by atoms with Gasteiger partial charge in [0.05, 0.1) is 6.26 Å². The molecule has 1 aromatic rings. The van der Waals surface area contributed by atoms with E-state index in [4.69, 9.17) is 4.42 Å². The number of rotatable bonds is 1. The first-order valence-electron chi connectivity index (χ1n) is 5.26. The molecule has 0 radical (unpaired) electrons. The first kappa shape index (κ1) is 13.8. The molecule has 1 rings (SSSR count). The zero-order chi connectivity index (χ0) is 13.8. The molecule has 0 aliphatic carbocycles. The van der Waals surface area contributed by atoms with Crippen LogP contribution in [0.5, 0.6) is 0 Å². The molecule has 7 heteroatoms. The molecule has 0 spiro atoms. The minimum Gasteiger partial charge on any atom is -0.459 e. The van der Waals surface area contributed by atoms with E-state index in [1.54, 1.807) is 20.8 Å². The summed E-state index contributed by atoms with van der Waals surface area (Å²) in [5, 5.41) is 2.45. The van der Waals surface area contributed by atoms with E-state index < -0.39 is 23.3 Å². The Morgan fingerprint density at radius 2 is 1.78 bits per heavy atom. The number of amides is 3. The Kier molecular flexibility index (Phi) is 4.09. The van der Waals surface area contributed by atoms with Gasteiger partial charge in [-0.25, -0.2) is 0 Å². The molecule has 3 amide bonds. The Morgan fingerprint density at radius 3 is 2.28 bits per heavy atom. The van der Waals surface area contributed by atoms with Crippen molar-refractivity contribution >= 4 is 17.7 Å². The van der Waals surface area contributed by atoms with Crippen LogP contribution in [0.1, 0.15) is 31.3 Å². The molecule has 98 valence electrons. The van der Waals surface area contributed by atoms with E-state index >= 15 is 0 Å². The van der Waals surface area contributed by atoms with Gasteiger partial charge in [-0.15, -0.1) is 0 Å². The van der Waals surface area contributed by atoms with E-state index in [1.165, 1.54) is 18.4 Å². The topological polar surface area (TPSA) is 100 Å². The lowest BCUT2D eigenvalue weighted by atomic mass is 10.1. The van der Waals surface area contributed by atoms with Gasteiger partial charge < -0.3 is 9.73 Å². The second kappa shape index (κ2) is 5.35. The van der Waals surface area contributed by atoms with Crippen molar-refractivity contribution in [3.63, 3.8) is 0 Å². The Bertz CT molecular complexity index is 445. The molecule has 18 heavy (non-hydrogen) atoms. The van der Waals surface area contributed by atoms with Gasteiger partial charge in [-0.1, -0.05) is 0 Å². The van der Waals surface area contributed by atoms with E-state index in [2.05, 4.69) is 10.7 Å². The van der Waals surface area contributed by atoms with Gasteiger partial charge in [-0.05, 0) is 32.9 Å². The lowest BCUT2D eigenvalue weighted by Crippen LogP contribution is -2.52. The fourth-order valence-corrected chi connectivity index (χ4v) is 1.04. The van der Waals surface area contributed by atoms with Crippen LogP contribution in [0, 0.1) is 0 Å². The quantitative estimate of drug-likeness (QED) is 0.482. The smallest absolute Gasteiger partial charge is 0.327 e. The summed E-state index contributed by atoms with van der Waals surface area (Å²) in [5.41, 5.74) is 3.51. The van der Waals surface area contributed by atoms with Crippen LogP contribution in [0.25, 0.3) is 0 Å². The third kappa shape index (κ3) is 4.28. The van der Waals surface area contributed by atoms with Gasteiger partial charge >= 0.3 is 17.7 Å². The maximum absolute atomic E-state index is 11.4. The number of carbonyl (C=O) groups excluding carboxylic acids is 3. The molecular formula is C11H15N3O4. The molecule has 0 fully saturated rings. The number of furan rings is 1. The van der Waals surface area contributed by atoms with Crippen LogP contribution < -0.4 is 16.2 Å². The molecule has 0 aliphatic heterocycles. The van der Waals surface area contributed by atoms with Crippen molar-refractivity contribution in [3.8, 4) is 0 Å². The molecule has 1 aromatic heterocycles. The summed E-state index contributed by atoms with van der Waals surface area (Å²) in [6, 6.07) is 2.96. The molecule has 0 saturated heterocycles. The summed E-state index contributed by atoms with van der Waals surface area (Å²) in [5.74, 6) is -2.39. The Labute approximate surface area is 104 Å². The van der Waals surface area contributed by atoms with Gasteiger partial charge in [0.25, 0.3) is 0 Å². The first-order valence-corrected chi connectivity index (χ1v) is 5.26. The highest BCUT2D eigenvalue weighted by molar-refractivity contribution is 6.35. The maximum Gasteiger partial charge on any atom is 0.327 e. The minimum atomic E-state index is -0.954. The van der Waals surface area contributed by atoms with Crippen LogP contribution in [0.2, 0.25) is 0 Å². The summed E-state index contributed by atoms with van der Waals surface area (Å²) >= 11 is 0. The molecular weight excluding hydrogens is 238 g/mol. The molecule has 0 bridgehead atoms. The number of hydrazine groups is 1. The van der Waals surface area contributed by atoms with Gasteiger partial charge in [0.15, 0.2) is 5.76 Å². The van der Waals surface area contributed by atoms with Crippen LogP contribution in [-0.2, 0) is 9.59 Å². The van der Waals surface area contributed by atoms with Crippen molar-refractivity contribution in [3.05, 3.63) is 24.2 Å². The van der Waals surface area contributed by atoms with Gasteiger partial charge in [-0.2, -0.15) is 0 Å². The van der Waals surface area contributed by atoms with Gasteiger partial charge in [0.2, 0.25) is 0 Å². The summed E-state index contributed by atoms with van der Waals surface area (Å²) in [4.78, 5) is 34.1. The second-order valence-corrected chi connectivity index (χ2v) is 4.59. The highest BCUT2D eigenvalue weighted by Crippen LogP contribution is 1.99. The number of nitrogens with one attached hydrogen (secondary N) is 3. The summed E-state index contributed by atoms with van der Waals surface area (Å²) in [6.45, 7) is 5.21. The van der Waals surface area contributed by atoms with E-state index in [0.29, 0.717) is 0 Å². The van der Waals surface area contributed by atoms with E-state index in [0.717, 1.165) is 0 Å². The predicted octanol–water partition coefficient (Wildman–Crippen LogP) is -0.0447. The van der Waals surface area contributed by atoms with Crippen molar-refractivity contribution in [2.24, 2.45) is 0 Å². The highest BCUT2D eigenvalue weighted by Gasteiger charge is 2.20.